The van der Waals surface area contributed by atoms with E-state index in [1.807, 2.05) is 0 Å². The fourth-order valence-electron chi connectivity index (χ4n) is 0.269. The quantitative estimate of drug-likeness (QED) is 0.413. The Morgan fingerprint density at radius 3 is 2.44 bits per heavy atom. The van der Waals surface area contributed by atoms with Crippen molar-refractivity contribution in [3.8, 4) is 0 Å². The topological polar surface area (TPSA) is 34.1 Å². The Morgan fingerprint density at radius 1 is 1.56 bits per heavy atom. The van der Waals surface area contributed by atoms with Gasteiger partial charge in [0.2, 0.25) is 0 Å². The van der Waals surface area contributed by atoms with Gasteiger partial charge in [-0.05, 0) is 24.6 Å². The van der Waals surface area contributed by atoms with Crippen molar-refractivity contribution in [3.05, 3.63) is 24.3 Å². The van der Waals surface area contributed by atoms with Crippen molar-refractivity contribution in [2.45, 2.75) is 6.92 Å². The molecule has 0 rings (SSSR count). The van der Waals surface area contributed by atoms with Crippen LogP contribution in [0.1, 0.15) is 6.92 Å². The van der Waals surface area contributed by atoms with E-state index >= 15 is 0 Å². The third kappa shape index (κ3) is 3.41. The molecule has 0 aromatic carbocycles. The molecule has 0 saturated carbocycles. The predicted octanol–water partition coefficient (Wildman–Crippen LogP) is 0.887. The summed E-state index contributed by atoms with van der Waals surface area (Å²) in [6.45, 7) is 4.99. The second-order valence-corrected chi connectivity index (χ2v) is 1.64. The van der Waals surface area contributed by atoms with Crippen molar-refractivity contribution < 1.29 is 9.59 Å². The zero-order valence-corrected chi connectivity index (χ0v) is 5.26. The van der Waals surface area contributed by atoms with Gasteiger partial charge in [0.05, 0.1) is 0 Å². The zero-order valence-electron chi connectivity index (χ0n) is 5.26. The van der Waals surface area contributed by atoms with E-state index in [2.05, 4.69) is 6.58 Å². The molecule has 2 nitrogen and oxygen atoms in total. The molecule has 0 unspecified atom stereocenters. The molecule has 0 aromatic heterocycles. The molecule has 0 fully saturated rings. The van der Waals surface area contributed by atoms with Crippen molar-refractivity contribution in [1.29, 1.82) is 0 Å². The number of carbonyl (C=O) groups excluding carboxylic acids is 2. The first-order valence-corrected chi connectivity index (χ1v) is 2.50. The normalized spacial score (nSPS) is 9.44. The van der Waals surface area contributed by atoms with Gasteiger partial charge >= 0.3 is 0 Å². The molecule has 48 valence electrons. The van der Waals surface area contributed by atoms with Crippen molar-refractivity contribution >= 4 is 12.1 Å². The van der Waals surface area contributed by atoms with Gasteiger partial charge in [0, 0.05) is 0 Å². The summed E-state index contributed by atoms with van der Waals surface area (Å²) in [6.07, 6.45) is 2.90. The lowest BCUT2D eigenvalue weighted by Crippen LogP contribution is -1.91. The molecule has 2 heteroatoms. The van der Waals surface area contributed by atoms with Crippen molar-refractivity contribution in [3.63, 3.8) is 0 Å². The Kier molecular flexibility index (Phi) is 3.28. The molecule has 0 aromatic rings. The van der Waals surface area contributed by atoms with Gasteiger partial charge in [-0.25, -0.2) is 0 Å². The Hall–Kier alpha value is -1.18. The Labute approximate surface area is 53.9 Å². The first-order valence-electron chi connectivity index (χ1n) is 2.50. The van der Waals surface area contributed by atoms with Gasteiger partial charge in [-0.2, -0.15) is 0 Å². The number of hydrogen-bond donors (Lipinski definition) is 0. The standard InChI is InChI=1S/C7H8O2/c1-6(2)7(9)4-3-5-8/h3-5H,1H2,2H3. The summed E-state index contributed by atoms with van der Waals surface area (Å²) in [5, 5.41) is 0. The van der Waals surface area contributed by atoms with Gasteiger partial charge in [-0.3, -0.25) is 9.59 Å². The molecule has 0 atom stereocenters. The third-order valence-electron chi connectivity index (χ3n) is 0.747. The molecule has 0 radical (unpaired) electrons. The van der Waals surface area contributed by atoms with E-state index in [0.29, 0.717) is 11.9 Å². The average Bonchev–Trinajstić information content (AvgIpc) is 1.82. The fraction of sp³-hybridized carbons (Fsp3) is 0.143. The summed E-state index contributed by atoms with van der Waals surface area (Å²) in [5.74, 6) is -0.206. The highest BCUT2D eigenvalue weighted by molar-refractivity contribution is 6.04. The summed E-state index contributed by atoms with van der Waals surface area (Å²) in [7, 11) is 0. The van der Waals surface area contributed by atoms with Crippen LogP contribution in [0.25, 0.3) is 0 Å². The molecule has 9 heavy (non-hydrogen) atoms. The first kappa shape index (κ1) is 7.82. The van der Waals surface area contributed by atoms with Crippen LogP contribution < -0.4 is 0 Å². The number of aldehydes is 1. The summed E-state index contributed by atoms with van der Waals surface area (Å²) in [5.41, 5.74) is 0.438. The Morgan fingerprint density at radius 2 is 2.11 bits per heavy atom. The molecule has 0 spiro atoms. The van der Waals surface area contributed by atoms with Crippen LogP contribution in [0.5, 0.6) is 0 Å². The van der Waals surface area contributed by atoms with Crippen LogP contribution in [-0.4, -0.2) is 12.1 Å². The van der Waals surface area contributed by atoms with Crippen molar-refractivity contribution in [2.24, 2.45) is 0 Å². The molecule has 0 amide bonds. The highest BCUT2D eigenvalue weighted by Crippen LogP contribution is 1.89. The van der Waals surface area contributed by atoms with Gasteiger partial charge in [0.15, 0.2) is 5.78 Å². The number of allylic oxidation sites excluding steroid dienone is 3. The predicted molar refractivity (Wildman–Crippen MR) is 35.0 cm³/mol. The van der Waals surface area contributed by atoms with Crippen LogP contribution in [-0.2, 0) is 9.59 Å². The van der Waals surface area contributed by atoms with E-state index in [4.69, 9.17) is 0 Å². The van der Waals surface area contributed by atoms with Crippen LogP contribution in [0.15, 0.2) is 24.3 Å². The molecule has 0 saturated heterocycles. The molecule has 0 N–H and O–H groups in total. The fourth-order valence-corrected chi connectivity index (χ4v) is 0.269. The van der Waals surface area contributed by atoms with Gasteiger partial charge in [-0.15, -0.1) is 0 Å². The minimum Gasteiger partial charge on any atom is -0.299 e. The average molecular weight is 124 g/mol. The van der Waals surface area contributed by atoms with Crippen LogP contribution in [0.2, 0.25) is 0 Å². The summed E-state index contributed by atoms with van der Waals surface area (Å²) in [4.78, 5) is 20.2. The maximum absolute atomic E-state index is 10.6. The largest absolute Gasteiger partial charge is 0.299 e. The van der Waals surface area contributed by atoms with Crippen LogP contribution in [0.3, 0.4) is 0 Å². The van der Waals surface area contributed by atoms with Crippen LogP contribution >= 0.6 is 0 Å². The molecular weight excluding hydrogens is 116 g/mol. The minimum absolute atomic E-state index is 0.206. The Bertz CT molecular complexity index is 166. The second-order valence-electron chi connectivity index (χ2n) is 1.64. The first-order chi connectivity index (χ1) is 4.18. The van der Waals surface area contributed by atoms with Crippen LogP contribution in [0.4, 0.5) is 0 Å². The molecular formula is C7H8O2. The highest BCUT2D eigenvalue weighted by atomic mass is 16.1. The van der Waals surface area contributed by atoms with Gasteiger partial charge < -0.3 is 0 Å². The molecule has 0 aliphatic rings. The molecule has 0 aliphatic carbocycles. The number of rotatable bonds is 3. The smallest absolute Gasteiger partial charge is 0.181 e. The van der Waals surface area contributed by atoms with Gasteiger partial charge in [0.25, 0.3) is 0 Å². The van der Waals surface area contributed by atoms with Crippen molar-refractivity contribution in [2.75, 3.05) is 0 Å². The lowest BCUT2D eigenvalue weighted by Gasteiger charge is -1.84. The van der Waals surface area contributed by atoms with Gasteiger partial charge in [0.1, 0.15) is 6.29 Å². The minimum atomic E-state index is -0.206. The van der Waals surface area contributed by atoms with E-state index in [0.717, 1.165) is 6.08 Å². The summed E-state index contributed by atoms with van der Waals surface area (Å²) >= 11 is 0. The molecule has 0 aliphatic heterocycles. The molecule has 0 heterocycles. The molecule has 0 bridgehead atoms. The number of carbonyl (C=O) groups is 2. The van der Waals surface area contributed by atoms with Crippen LogP contribution in [0, 0.1) is 0 Å². The zero-order chi connectivity index (χ0) is 7.28. The third-order valence-corrected chi connectivity index (χ3v) is 0.747. The SMILES string of the molecule is C=C(C)C(=O)C=CC=O. The summed E-state index contributed by atoms with van der Waals surface area (Å²) < 4.78 is 0. The summed E-state index contributed by atoms with van der Waals surface area (Å²) in [6, 6.07) is 0. The van der Waals surface area contributed by atoms with E-state index in [1.54, 1.807) is 6.92 Å². The highest BCUT2D eigenvalue weighted by Gasteiger charge is 1.92. The lowest BCUT2D eigenvalue weighted by molar-refractivity contribution is -0.111. The maximum Gasteiger partial charge on any atom is 0.181 e. The Balaban J connectivity index is 3.92. The number of hydrogen-bond acceptors (Lipinski definition) is 2. The number of ketones is 1. The van der Waals surface area contributed by atoms with Gasteiger partial charge in [-0.1, -0.05) is 6.58 Å². The van der Waals surface area contributed by atoms with E-state index in [1.165, 1.54) is 6.08 Å². The van der Waals surface area contributed by atoms with E-state index in [-0.39, 0.29) is 5.78 Å². The second kappa shape index (κ2) is 3.78. The lowest BCUT2D eigenvalue weighted by atomic mass is 10.2. The monoisotopic (exact) mass is 124 g/mol. The van der Waals surface area contributed by atoms with Crippen molar-refractivity contribution in [1.82, 2.24) is 0 Å². The maximum atomic E-state index is 10.6. The van der Waals surface area contributed by atoms with E-state index in [9.17, 15) is 9.59 Å². The van der Waals surface area contributed by atoms with E-state index < -0.39 is 0 Å².